The Morgan fingerprint density at radius 1 is 1.31 bits per heavy atom. The molecular formula is C12H14N2OS. The van der Waals surface area contributed by atoms with Crippen LogP contribution in [-0.2, 0) is 11.3 Å². The van der Waals surface area contributed by atoms with Crippen molar-refractivity contribution in [2.75, 3.05) is 6.61 Å². The Bertz CT molecular complexity index is 453. The second-order valence-electron chi connectivity index (χ2n) is 3.50. The molecule has 0 atom stereocenters. The molecule has 0 radical (unpaired) electrons. The van der Waals surface area contributed by atoms with Crippen molar-refractivity contribution in [1.82, 2.24) is 4.98 Å². The van der Waals surface area contributed by atoms with Crippen molar-refractivity contribution in [3.05, 3.63) is 40.2 Å². The second-order valence-corrected chi connectivity index (χ2v) is 4.79. The molecule has 0 saturated carbocycles. The summed E-state index contributed by atoms with van der Waals surface area (Å²) in [6, 6.07) is 10.2. The molecule has 0 spiro atoms. The molecule has 0 fully saturated rings. The molecule has 2 rings (SSSR count). The average molecular weight is 234 g/mol. The van der Waals surface area contributed by atoms with Gasteiger partial charge in [-0.1, -0.05) is 30.3 Å². The quantitative estimate of drug-likeness (QED) is 0.827. The van der Waals surface area contributed by atoms with Gasteiger partial charge in [0.05, 0.1) is 17.3 Å². The Balaban J connectivity index is 2.25. The molecule has 1 aromatic heterocycles. The van der Waals surface area contributed by atoms with Crippen LogP contribution in [0.3, 0.4) is 0 Å². The predicted molar refractivity (Wildman–Crippen MR) is 66.1 cm³/mol. The maximum atomic E-state index is 5.01. The lowest BCUT2D eigenvalue weighted by atomic mass is 10.1. The van der Waals surface area contributed by atoms with Crippen molar-refractivity contribution in [3.8, 4) is 11.3 Å². The molecule has 1 heterocycles. The van der Waals surface area contributed by atoms with E-state index in [0.29, 0.717) is 6.61 Å². The number of aryl methyl sites for hydroxylation is 1. The Hall–Kier alpha value is -1.23. The number of thiazole rings is 1. The van der Waals surface area contributed by atoms with Gasteiger partial charge in [-0.15, -0.1) is 11.3 Å². The Labute approximate surface area is 98.9 Å². The first kappa shape index (κ1) is 11.3. The monoisotopic (exact) mass is 234 g/mol. The lowest BCUT2D eigenvalue weighted by molar-refractivity contribution is 0.141. The van der Waals surface area contributed by atoms with Gasteiger partial charge in [-0.3, -0.25) is 0 Å². The van der Waals surface area contributed by atoms with Crippen LogP contribution in [0.25, 0.3) is 11.3 Å². The zero-order chi connectivity index (χ0) is 11.4. The second kappa shape index (κ2) is 5.21. The summed E-state index contributed by atoms with van der Waals surface area (Å²) in [5, 5.41) is 1.07. The van der Waals surface area contributed by atoms with E-state index in [2.05, 4.69) is 28.9 Å². The molecule has 0 amide bonds. The highest BCUT2D eigenvalue weighted by atomic mass is 32.1. The predicted octanol–water partition coefficient (Wildman–Crippen LogP) is 2.55. The molecule has 1 aromatic carbocycles. The molecule has 4 heteroatoms. The van der Waals surface area contributed by atoms with Crippen LogP contribution < -0.4 is 5.90 Å². The van der Waals surface area contributed by atoms with Crippen LogP contribution >= 0.6 is 11.3 Å². The van der Waals surface area contributed by atoms with Gasteiger partial charge in [0.15, 0.2) is 0 Å². The van der Waals surface area contributed by atoms with E-state index in [0.717, 1.165) is 22.7 Å². The highest BCUT2D eigenvalue weighted by Gasteiger charge is 2.08. The van der Waals surface area contributed by atoms with Gasteiger partial charge < -0.3 is 4.84 Å². The molecule has 0 saturated heterocycles. The van der Waals surface area contributed by atoms with Crippen LogP contribution in [0.2, 0.25) is 0 Å². The van der Waals surface area contributed by atoms with Gasteiger partial charge in [0.1, 0.15) is 0 Å². The van der Waals surface area contributed by atoms with Gasteiger partial charge in [-0.2, -0.15) is 0 Å². The number of nitrogens with two attached hydrogens (primary N) is 1. The molecular weight excluding hydrogens is 220 g/mol. The molecule has 0 bridgehead atoms. The summed E-state index contributed by atoms with van der Waals surface area (Å²) in [7, 11) is 0. The number of aromatic nitrogens is 1. The van der Waals surface area contributed by atoms with E-state index in [9.17, 15) is 0 Å². The average Bonchev–Trinajstić information content (AvgIpc) is 2.69. The molecule has 2 aromatic rings. The lowest BCUT2D eigenvalue weighted by Gasteiger charge is -1.96. The summed E-state index contributed by atoms with van der Waals surface area (Å²) >= 11 is 1.70. The summed E-state index contributed by atoms with van der Waals surface area (Å²) < 4.78 is 0. The van der Waals surface area contributed by atoms with Crippen molar-refractivity contribution < 1.29 is 4.84 Å². The van der Waals surface area contributed by atoms with Gasteiger partial charge in [-0.25, -0.2) is 10.9 Å². The van der Waals surface area contributed by atoms with Gasteiger partial charge in [0, 0.05) is 16.9 Å². The number of rotatable bonds is 4. The highest BCUT2D eigenvalue weighted by molar-refractivity contribution is 7.12. The first-order chi connectivity index (χ1) is 7.81. The molecule has 3 nitrogen and oxygen atoms in total. The van der Waals surface area contributed by atoms with Gasteiger partial charge in [-0.05, 0) is 6.92 Å². The van der Waals surface area contributed by atoms with Crippen molar-refractivity contribution in [2.24, 2.45) is 5.90 Å². The fourth-order valence-corrected chi connectivity index (χ4v) is 2.50. The summed E-state index contributed by atoms with van der Waals surface area (Å²) in [5.74, 6) is 5.01. The van der Waals surface area contributed by atoms with E-state index >= 15 is 0 Å². The first-order valence-corrected chi connectivity index (χ1v) is 5.96. The lowest BCUT2D eigenvalue weighted by Crippen LogP contribution is -2.03. The summed E-state index contributed by atoms with van der Waals surface area (Å²) in [6.07, 6.45) is 0.773. The SMILES string of the molecule is Cc1sc(CCON)nc1-c1ccccc1. The van der Waals surface area contributed by atoms with Crippen LogP contribution in [0, 0.1) is 6.92 Å². The zero-order valence-electron chi connectivity index (χ0n) is 9.14. The minimum atomic E-state index is 0.515. The molecule has 16 heavy (non-hydrogen) atoms. The summed E-state index contributed by atoms with van der Waals surface area (Å²) in [5.41, 5.74) is 2.23. The van der Waals surface area contributed by atoms with Gasteiger partial charge in [0.25, 0.3) is 0 Å². The number of nitrogens with zero attached hydrogens (tertiary/aromatic N) is 1. The standard InChI is InChI=1S/C12H14N2OS/c1-9-12(10-5-3-2-4-6-10)14-11(16-9)7-8-15-13/h2-6H,7-8,13H2,1H3. The van der Waals surface area contributed by atoms with Crippen LogP contribution in [0.15, 0.2) is 30.3 Å². The largest absolute Gasteiger partial charge is 0.304 e. The topological polar surface area (TPSA) is 48.1 Å². The maximum absolute atomic E-state index is 5.01. The number of benzene rings is 1. The Morgan fingerprint density at radius 3 is 2.75 bits per heavy atom. The zero-order valence-corrected chi connectivity index (χ0v) is 9.96. The first-order valence-electron chi connectivity index (χ1n) is 5.14. The smallest absolute Gasteiger partial charge is 0.0959 e. The fraction of sp³-hybridized carbons (Fsp3) is 0.250. The number of hydrogen-bond donors (Lipinski definition) is 1. The van der Waals surface area contributed by atoms with Crippen LogP contribution in [-0.4, -0.2) is 11.6 Å². The molecule has 0 aliphatic heterocycles. The maximum Gasteiger partial charge on any atom is 0.0959 e. The van der Waals surface area contributed by atoms with E-state index in [1.807, 2.05) is 18.2 Å². The third kappa shape index (κ3) is 2.47. The summed E-state index contributed by atoms with van der Waals surface area (Å²) in [4.78, 5) is 10.4. The molecule has 2 N–H and O–H groups in total. The van der Waals surface area contributed by atoms with Crippen molar-refractivity contribution in [2.45, 2.75) is 13.3 Å². The molecule has 84 valence electrons. The Morgan fingerprint density at radius 2 is 2.06 bits per heavy atom. The summed E-state index contributed by atoms with van der Waals surface area (Å²) in [6.45, 7) is 2.61. The van der Waals surface area contributed by atoms with Crippen LogP contribution in [0.4, 0.5) is 0 Å². The fourth-order valence-electron chi connectivity index (χ4n) is 1.57. The van der Waals surface area contributed by atoms with E-state index < -0.39 is 0 Å². The van der Waals surface area contributed by atoms with E-state index in [-0.39, 0.29) is 0 Å². The minimum Gasteiger partial charge on any atom is -0.304 e. The van der Waals surface area contributed by atoms with E-state index in [4.69, 9.17) is 5.90 Å². The molecule has 0 aliphatic carbocycles. The van der Waals surface area contributed by atoms with Crippen molar-refractivity contribution in [3.63, 3.8) is 0 Å². The highest BCUT2D eigenvalue weighted by Crippen LogP contribution is 2.27. The molecule has 0 unspecified atom stereocenters. The molecule has 0 aliphatic rings. The van der Waals surface area contributed by atoms with Crippen molar-refractivity contribution in [1.29, 1.82) is 0 Å². The third-order valence-corrected chi connectivity index (χ3v) is 3.35. The van der Waals surface area contributed by atoms with E-state index in [1.54, 1.807) is 11.3 Å². The van der Waals surface area contributed by atoms with E-state index in [1.165, 1.54) is 4.88 Å². The van der Waals surface area contributed by atoms with Gasteiger partial charge in [0.2, 0.25) is 0 Å². The normalized spacial score (nSPS) is 10.6. The van der Waals surface area contributed by atoms with Gasteiger partial charge >= 0.3 is 0 Å². The Kier molecular flexibility index (Phi) is 3.66. The van der Waals surface area contributed by atoms with Crippen molar-refractivity contribution >= 4 is 11.3 Å². The van der Waals surface area contributed by atoms with Crippen LogP contribution in [0.1, 0.15) is 9.88 Å². The minimum absolute atomic E-state index is 0.515. The van der Waals surface area contributed by atoms with Crippen LogP contribution in [0.5, 0.6) is 0 Å². The number of hydrogen-bond acceptors (Lipinski definition) is 4. The third-order valence-electron chi connectivity index (χ3n) is 2.32.